The second-order valence-electron chi connectivity index (χ2n) is 10.6. The molecule has 1 saturated heterocycles. The molecule has 0 radical (unpaired) electrons. The molecule has 0 amide bonds. The van der Waals surface area contributed by atoms with E-state index < -0.39 is 0 Å². The lowest BCUT2D eigenvalue weighted by molar-refractivity contribution is -0.0695. The molecule has 5 rings (SSSR count). The van der Waals surface area contributed by atoms with Crippen molar-refractivity contribution in [2.24, 2.45) is 46.8 Å². The topological polar surface area (TPSA) is 12.5 Å². The molecule has 10 atom stereocenters. The number of rotatable bonds is 2. The molecule has 1 nitrogen and oxygen atoms in total. The van der Waals surface area contributed by atoms with Gasteiger partial charge in [0.25, 0.3) is 0 Å². The first-order valence-electron chi connectivity index (χ1n) is 11.3. The highest BCUT2D eigenvalue weighted by Crippen LogP contribution is 2.66. The molecule has 1 aliphatic heterocycles. The molecule has 134 valence electrons. The van der Waals surface area contributed by atoms with Crippen molar-refractivity contribution in [2.45, 2.75) is 90.2 Å². The van der Waals surface area contributed by atoms with E-state index in [0.29, 0.717) is 17.6 Å². The van der Waals surface area contributed by atoms with Gasteiger partial charge in [0.2, 0.25) is 0 Å². The normalized spacial score (nSPS) is 59.3. The minimum Gasteiger partial charge on any atom is -0.370 e. The van der Waals surface area contributed by atoms with Gasteiger partial charge in [0.15, 0.2) is 0 Å². The van der Waals surface area contributed by atoms with Gasteiger partial charge < -0.3 is 4.74 Å². The molecule has 0 aromatic rings. The van der Waals surface area contributed by atoms with Gasteiger partial charge in [0.1, 0.15) is 7.85 Å². The summed E-state index contributed by atoms with van der Waals surface area (Å²) in [6, 6.07) is 0. The minimum absolute atomic E-state index is 0.610. The fraction of sp³-hybridized carbons (Fsp3) is 1.00. The third kappa shape index (κ3) is 2.30. The molecule has 5 fully saturated rings. The van der Waals surface area contributed by atoms with Crippen molar-refractivity contribution in [3.05, 3.63) is 0 Å². The number of ether oxygens (including phenoxy) is 1. The Kier molecular flexibility index (Phi) is 3.89. The summed E-state index contributed by atoms with van der Waals surface area (Å²) >= 11 is 0. The first-order chi connectivity index (χ1) is 11.6. The standard InChI is InChI=1S/C22H37BO/c1-13-3-5-15-14(11-13)4-6-17-16(15)9-10-22(2)18(17)7-8-19(22)21-20(12-23)24-21/h13-21H,3-12,23H2,1-2H3. The lowest BCUT2D eigenvalue weighted by Gasteiger charge is -2.56. The number of hydrogen-bond donors (Lipinski definition) is 0. The Morgan fingerprint density at radius 3 is 2.50 bits per heavy atom. The van der Waals surface area contributed by atoms with Crippen LogP contribution in [0.15, 0.2) is 0 Å². The molecule has 2 heteroatoms. The summed E-state index contributed by atoms with van der Waals surface area (Å²) in [5, 5.41) is 0. The van der Waals surface area contributed by atoms with Crippen molar-refractivity contribution in [1.82, 2.24) is 0 Å². The van der Waals surface area contributed by atoms with Crippen LogP contribution in [0.3, 0.4) is 0 Å². The summed E-state index contributed by atoms with van der Waals surface area (Å²) in [7, 11) is 2.31. The Balaban J connectivity index is 1.35. The number of epoxide rings is 1. The van der Waals surface area contributed by atoms with Crippen molar-refractivity contribution >= 4 is 7.85 Å². The molecule has 0 N–H and O–H groups in total. The molecule has 10 unspecified atom stereocenters. The van der Waals surface area contributed by atoms with E-state index in [4.69, 9.17) is 4.74 Å². The van der Waals surface area contributed by atoms with Crippen LogP contribution >= 0.6 is 0 Å². The fourth-order valence-electron chi connectivity index (χ4n) is 8.51. The van der Waals surface area contributed by atoms with E-state index in [0.717, 1.165) is 41.4 Å². The van der Waals surface area contributed by atoms with Crippen LogP contribution in [0.1, 0.15) is 71.6 Å². The van der Waals surface area contributed by atoms with Gasteiger partial charge in [0.05, 0.1) is 12.2 Å². The van der Waals surface area contributed by atoms with E-state index >= 15 is 0 Å². The van der Waals surface area contributed by atoms with E-state index in [-0.39, 0.29) is 0 Å². The quantitative estimate of drug-likeness (QED) is 0.528. The first kappa shape index (κ1) is 16.2. The summed E-state index contributed by atoms with van der Waals surface area (Å²) in [6.07, 6.45) is 16.3. The van der Waals surface area contributed by atoms with Crippen LogP contribution in [-0.4, -0.2) is 20.1 Å². The van der Waals surface area contributed by atoms with Gasteiger partial charge in [-0.15, -0.1) is 0 Å². The molecule has 5 aliphatic rings. The second kappa shape index (κ2) is 5.76. The van der Waals surface area contributed by atoms with E-state index in [1.54, 1.807) is 32.1 Å². The zero-order chi connectivity index (χ0) is 16.5. The zero-order valence-corrected chi connectivity index (χ0v) is 16.2. The van der Waals surface area contributed by atoms with Crippen molar-refractivity contribution in [3.63, 3.8) is 0 Å². The van der Waals surface area contributed by atoms with Crippen molar-refractivity contribution in [2.75, 3.05) is 0 Å². The molecule has 0 aromatic heterocycles. The molecular weight excluding hydrogens is 291 g/mol. The lowest BCUT2D eigenvalue weighted by Crippen LogP contribution is -2.49. The van der Waals surface area contributed by atoms with Crippen LogP contribution in [0.4, 0.5) is 0 Å². The molecule has 4 saturated carbocycles. The van der Waals surface area contributed by atoms with Crippen LogP contribution in [0.5, 0.6) is 0 Å². The van der Waals surface area contributed by atoms with Crippen LogP contribution in [0.25, 0.3) is 0 Å². The number of hydrogen-bond acceptors (Lipinski definition) is 1. The Morgan fingerprint density at radius 2 is 1.71 bits per heavy atom. The SMILES string of the molecule is BCC1OC1C1CCC2C3CCC4CC(C)CCC4C3CCC21C. The molecule has 24 heavy (non-hydrogen) atoms. The molecule has 0 bridgehead atoms. The average Bonchev–Trinajstić information content (AvgIpc) is 3.27. The van der Waals surface area contributed by atoms with Gasteiger partial charge in [-0.1, -0.05) is 26.6 Å². The second-order valence-corrected chi connectivity index (χ2v) is 10.6. The summed E-state index contributed by atoms with van der Waals surface area (Å²) < 4.78 is 6.10. The number of fused-ring (bicyclic) bond motifs is 5. The van der Waals surface area contributed by atoms with Crippen LogP contribution in [0.2, 0.25) is 6.32 Å². The highest BCUT2D eigenvalue weighted by Gasteiger charge is 2.61. The third-order valence-corrected chi connectivity index (χ3v) is 9.71. The molecule has 1 heterocycles. The fourth-order valence-corrected chi connectivity index (χ4v) is 8.51. The van der Waals surface area contributed by atoms with Crippen LogP contribution in [-0.2, 0) is 4.74 Å². The van der Waals surface area contributed by atoms with Gasteiger partial charge in [-0.05, 0) is 98.2 Å². The van der Waals surface area contributed by atoms with Crippen LogP contribution in [0, 0.1) is 46.8 Å². The Morgan fingerprint density at radius 1 is 0.917 bits per heavy atom. The lowest BCUT2D eigenvalue weighted by atomic mass is 9.49. The van der Waals surface area contributed by atoms with E-state index in [9.17, 15) is 0 Å². The summed E-state index contributed by atoms with van der Waals surface area (Å²) in [6.45, 7) is 5.18. The van der Waals surface area contributed by atoms with Gasteiger partial charge in [-0.2, -0.15) is 0 Å². The first-order valence-corrected chi connectivity index (χ1v) is 11.3. The Hall–Kier alpha value is 0.0249. The van der Waals surface area contributed by atoms with Gasteiger partial charge in [0, 0.05) is 0 Å². The van der Waals surface area contributed by atoms with E-state index in [2.05, 4.69) is 21.7 Å². The highest BCUT2D eigenvalue weighted by molar-refractivity contribution is 6.09. The summed E-state index contributed by atoms with van der Waals surface area (Å²) in [5.74, 6) is 7.28. The van der Waals surface area contributed by atoms with Crippen molar-refractivity contribution in [1.29, 1.82) is 0 Å². The average molecular weight is 328 g/mol. The molecule has 4 aliphatic carbocycles. The predicted molar refractivity (Wildman–Crippen MR) is 102 cm³/mol. The van der Waals surface area contributed by atoms with E-state index in [1.165, 1.54) is 32.0 Å². The zero-order valence-electron chi connectivity index (χ0n) is 16.2. The molecule has 0 spiro atoms. The Bertz CT molecular complexity index is 492. The van der Waals surface area contributed by atoms with Crippen molar-refractivity contribution in [3.8, 4) is 0 Å². The predicted octanol–water partition coefficient (Wildman–Crippen LogP) is 4.71. The van der Waals surface area contributed by atoms with Crippen LogP contribution < -0.4 is 0 Å². The minimum atomic E-state index is 0.610. The summed E-state index contributed by atoms with van der Waals surface area (Å²) in [5.41, 5.74) is 0.616. The molecule has 0 aromatic carbocycles. The maximum Gasteiger partial charge on any atom is 0.104 e. The van der Waals surface area contributed by atoms with Gasteiger partial charge >= 0.3 is 0 Å². The maximum absolute atomic E-state index is 6.10. The highest BCUT2D eigenvalue weighted by atomic mass is 16.6. The summed E-state index contributed by atoms with van der Waals surface area (Å²) in [4.78, 5) is 0. The van der Waals surface area contributed by atoms with Gasteiger partial charge in [-0.25, -0.2) is 0 Å². The monoisotopic (exact) mass is 328 g/mol. The smallest absolute Gasteiger partial charge is 0.104 e. The van der Waals surface area contributed by atoms with Crippen molar-refractivity contribution < 1.29 is 4.74 Å². The molecular formula is C22H37BO. The Labute approximate surface area is 150 Å². The van der Waals surface area contributed by atoms with Gasteiger partial charge in [-0.3, -0.25) is 0 Å². The third-order valence-electron chi connectivity index (χ3n) is 9.71. The van der Waals surface area contributed by atoms with E-state index in [1.807, 2.05) is 0 Å². The largest absolute Gasteiger partial charge is 0.370 e. The maximum atomic E-state index is 6.10.